The van der Waals surface area contributed by atoms with Gasteiger partial charge in [-0.15, -0.1) is 0 Å². The number of aromatic nitrogens is 2. The molecule has 3 nitrogen and oxygen atoms in total. The number of hydrogen-bond donors (Lipinski definition) is 0. The zero-order valence-corrected chi connectivity index (χ0v) is 14.5. The molecule has 1 radical (unpaired) electrons. The van der Waals surface area contributed by atoms with Crippen LogP contribution in [0.25, 0.3) is 0 Å². The van der Waals surface area contributed by atoms with E-state index in [2.05, 4.69) is 52.4 Å². The topological polar surface area (TPSA) is 35.0 Å². The second kappa shape index (κ2) is 4.95. The third-order valence-electron chi connectivity index (χ3n) is 3.39. The van der Waals surface area contributed by atoms with Crippen LogP contribution in [-0.2, 0) is 0 Å². The van der Waals surface area contributed by atoms with Crippen LogP contribution in [0.5, 0.6) is 11.5 Å². The number of fused-ring (bicyclic) bond motifs is 2. The van der Waals surface area contributed by atoms with Gasteiger partial charge in [-0.1, -0.05) is 0 Å². The molecular weight excluding hydrogens is 445 g/mol. The summed E-state index contributed by atoms with van der Waals surface area (Å²) in [5, 5.41) is 0. The molecule has 1 aromatic carbocycles. The number of pyridine rings is 2. The molecule has 3 aromatic rings. The monoisotopic (exact) mass is 457 g/mol. The number of benzene rings is 1. The van der Waals surface area contributed by atoms with Gasteiger partial charge in [-0.3, -0.25) is 0 Å². The van der Waals surface area contributed by atoms with Crippen molar-refractivity contribution >= 4 is 31.6 Å². The van der Waals surface area contributed by atoms with Crippen molar-refractivity contribution in [1.82, 2.24) is 9.97 Å². The Hall–Kier alpha value is -1.80. The molecule has 1 aliphatic rings. The molecule has 0 atom stereocenters. The van der Waals surface area contributed by atoms with Gasteiger partial charge >= 0.3 is 125 Å². The van der Waals surface area contributed by atoms with Crippen LogP contribution in [0.3, 0.4) is 0 Å². The van der Waals surface area contributed by atoms with Crippen molar-refractivity contribution in [2.24, 2.45) is 0 Å². The molecule has 1 aliphatic heterocycles. The first kappa shape index (κ1) is 12.0. The van der Waals surface area contributed by atoms with E-state index in [9.17, 15) is 0 Å². The standard InChI is InChI=1S/C10H6N2O.C6H5.Bi.H/c1-3-9(7-11-5-1)13-10-4-2-6-12-8-10;1-2-4-6-5-3-1;;/h1-2,5-8H;1-5H;;. The van der Waals surface area contributed by atoms with Crippen LogP contribution < -0.4 is 14.6 Å². The molecule has 0 saturated carbocycles. The molecule has 0 saturated heterocycles. The van der Waals surface area contributed by atoms with Crippen molar-refractivity contribution < 1.29 is 4.74 Å². The summed E-state index contributed by atoms with van der Waals surface area (Å²) in [4.78, 5) is 8.38. The van der Waals surface area contributed by atoms with E-state index in [0.29, 0.717) is 0 Å². The van der Waals surface area contributed by atoms with E-state index in [-0.39, 0.29) is 0 Å². The normalized spacial score (nSPS) is 13.2. The maximum atomic E-state index is 5.96. The SMILES string of the molecule is c1cc[c]([BiH]2[c]3ccncc3Oc3cncc[c]32)cc1. The van der Waals surface area contributed by atoms with E-state index in [1.807, 2.05) is 24.8 Å². The Morgan fingerprint density at radius 3 is 1.95 bits per heavy atom. The van der Waals surface area contributed by atoms with Gasteiger partial charge in [0.05, 0.1) is 0 Å². The van der Waals surface area contributed by atoms with Gasteiger partial charge in [-0.25, -0.2) is 0 Å². The molecule has 0 N–H and O–H groups in total. The van der Waals surface area contributed by atoms with Crippen molar-refractivity contribution in [3.8, 4) is 11.5 Å². The van der Waals surface area contributed by atoms with Crippen LogP contribution >= 0.6 is 0 Å². The third-order valence-corrected chi connectivity index (χ3v) is 14.3. The summed E-state index contributed by atoms with van der Waals surface area (Å²) in [6.07, 6.45) is 7.36. The Balaban J connectivity index is 1.98. The Bertz CT molecular complexity index is 716. The Kier molecular flexibility index (Phi) is 2.97. The third kappa shape index (κ3) is 1.92. The molecule has 0 spiro atoms. The Morgan fingerprint density at radius 1 is 0.750 bits per heavy atom. The molecule has 0 unspecified atom stereocenters. The van der Waals surface area contributed by atoms with Gasteiger partial charge in [-0.2, -0.15) is 0 Å². The Labute approximate surface area is 125 Å². The summed E-state index contributed by atoms with van der Waals surface area (Å²) >= 11 is -2.37. The van der Waals surface area contributed by atoms with Crippen molar-refractivity contribution in [3.63, 3.8) is 0 Å². The molecule has 97 valence electrons. The fraction of sp³-hybridized carbons (Fsp3) is 0. The molecule has 3 heterocycles. The zero-order chi connectivity index (χ0) is 13.4. The minimum atomic E-state index is -2.37. The summed E-state index contributed by atoms with van der Waals surface area (Å²) in [5.74, 6) is 1.80. The van der Waals surface area contributed by atoms with Gasteiger partial charge in [-0.05, 0) is 0 Å². The maximum absolute atomic E-state index is 5.96. The van der Waals surface area contributed by atoms with Crippen molar-refractivity contribution in [3.05, 3.63) is 67.3 Å². The van der Waals surface area contributed by atoms with E-state index in [4.69, 9.17) is 4.74 Å². The van der Waals surface area contributed by atoms with Crippen molar-refractivity contribution in [1.29, 1.82) is 0 Å². The van der Waals surface area contributed by atoms with Crippen LogP contribution in [0.1, 0.15) is 0 Å². The van der Waals surface area contributed by atoms with Crippen LogP contribution in [-0.4, -0.2) is 31.7 Å². The van der Waals surface area contributed by atoms with Gasteiger partial charge in [0.1, 0.15) is 0 Å². The number of hydrogen-bond acceptors (Lipinski definition) is 3. The first-order chi connectivity index (χ1) is 9.93. The summed E-state index contributed by atoms with van der Waals surface area (Å²) in [5.41, 5.74) is 0. The van der Waals surface area contributed by atoms with Gasteiger partial charge in [0.15, 0.2) is 0 Å². The molecule has 20 heavy (non-hydrogen) atoms. The molecule has 4 rings (SSSR count). The van der Waals surface area contributed by atoms with E-state index in [1.165, 1.54) is 9.81 Å². The van der Waals surface area contributed by atoms with Crippen LogP contribution in [0.15, 0.2) is 67.3 Å². The van der Waals surface area contributed by atoms with Crippen molar-refractivity contribution in [2.75, 3.05) is 0 Å². The minimum absolute atomic E-state index is 0.902. The first-order valence-corrected chi connectivity index (χ1v) is 12.3. The number of nitrogens with zero attached hydrogens (tertiary/aromatic N) is 2. The molecule has 0 amide bonds. The quantitative estimate of drug-likeness (QED) is 0.398. The molecule has 4 heteroatoms. The summed E-state index contributed by atoms with van der Waals surface area (Å²) in [6, 6.07) is 15.0. The fourth-order valence-corrected chi connectivity index (χ4v) is 12.8. The Morgan fingerprint density at radius 2 is 1.35 bits per heavy atom. The van der Waals surface area contributed by atoms with E-state index < -0.39 is 21.8 Å². The average Bonchev–Trinajstić information content (AvgIpc) is 2.53. The van der Waals surface area contributed by atoms with Gasteiger partial charge < -0.3 is 0 Å². The van der Waals surface area contributed by atoms with E-state index in [1.54, 1.807) is 0 Å². The van der Waals surface area contributed by atoms with Crippen molar-refractivity contribution in [2.45, 2.75) is 0 Å². The second-order valence-electron chi connectivity index (χ2n) is 4.59. The van der Waals surface area contributed by atoms with Gasteiger partial charge in [0, 0.05) is 0 Å². The fourth-order valence-electron chi connectivity index (χ4n) is 2.52. The van der Waals surface area contributed by atoms with Crippen LogP contribution in [0.4, 0.5) is 0 Å². The van der Waals surface area contributed by atoms with Crippen LogP contribution in [0, 0.1) is 0 Å². The molecular formula is C16H12BiN2O. The average molecular weight is 457 g/mol. The van der Waals surface area contributed by atoms with Crippen LogP contribution in [0.2, 0.25) is 0 Å². The van der Waals surface area contributed by atoms with E-state index >= 15 is 0 Å². The number of rotatable bonds is 1. The predicted octanol–water partition coefficient (Wildman–Crippen LogP) is 0.831. The van der Waals surface area contributed by atoms with Gasteiger partial charge in [0.25, 0.3) is 0 Å². The summed E-state index contributed by atoms with van der Waals surface area (Å²) in [6.45, 7) is 0. The summed E-state index contributed by atoms with van der Waals surface area (Å²) < 4.78 is 10.1. The number of ether oxygens (including phenoxy) is 1. The zero-order valence-electron chi connectivity index (χ0n) is 10.7. The molecule has 0 fully saturated rings. The predicted molar refractivity (Wildman–Crippen MR) is 81.0 cm³/mol. The van der Waals surface area contributed by atoms with E-state index in [0.717, 1.165) is 11.5 Å². The molecule has 2 aromatic heterocycles. The van der Waals surface area contributed by atoms with Gasteiger partial charge in [0.2, 0.25) is 0 Å². The first-order valence-electron chi connectivity index (χ1n) is 6.42. The molecule has 0 aliphatic carbocycles. The molecule has 0 bridgehead atoms. The summed E-state index contributed by atoms with van der Waals surface area (Å²) in [7, 11) is 0. The second-order valence-corrected chi connectivity index (χ2v) is 13.9.